The summed E-state index contributed by atoms with van der Waals surface area (Å²) in [6.45, 7) is 5.38. The van der Waals surface area contributed by atoms with Crippen LogP contribution in [0, 0.1) is 28.6 Å². The van der Waals surface area contributed by atoms with Crippen LogP contribution in [-0.2, 0) is 4.79 Å². The van der Waals surface area contributed by atoms with Gasteiger partial charge in [-0.2, -0.15) is 5.26 Å². The first-order valence-corrected chi connectivity index (χ1v) is 4.48. The predicted octanol–water partition coefficient (Wildman–Crippen LogP) is 1.12. The average Bonchev–Trinajstić information content (AvgIpc) is 2.53. The van der Waals surface area contributed by atoms with Gasteiger partial charge in [-0.15, -0.1) is 0 Å². The molecule has 0 unspecified atom stereocenters. The second kappa shape index (κ2) is 3.12. The highest BCUT2D eigenvalue weighted by molar-refractivity contribution is 5.81. The molecule has 13 heavy (non-hydrogen) atoms. The van der Waals surface area contributed by atoms with Gasteiger partial charge in [-0.1, -0.05) is 13.8 Å². The first-order valence-electron chi connectivity index (χ1n) is 4.48. The number of aliphatic hydroxyl groups is 1. The van der Waals surface area contributed by atoms with Crippen LogP contribution >= 0.6 is 0 Å². The summed E-state index contributed by atoms with van der Waals surface area (Å²) in [5.74, 6) is -0.0421. The highest BCUT2D eigenvalue weighted by Crippen LogP contribution is 2.61. The maximum atomic E-state index is 10.9. The number of carbonyl (C=O) groups excluding carboxylic acids is 1. The molecule has 0 aromatic carbocycles. The van der Waals surface area contributed by atoms with Crippen LogP contribution in [0.4, 0.5) is 0 Å². The number of carbonyl (C=O) groups is 1. The van der Waals surface area contributed by atoms with E-state index in [2.05, 4.69) is 6.07 Å². The van der Waals surface area contributed by atoms with Crippen molar-refractivity contribution in [3.8, 4) is 6.07 Å². The molecule has 0 bridgehead atoms. The molecule has 3 atom stereocenters. The molecule has 0 aliphatic heterocycles. The Balaban J connectivity index is 2.65. The third kappa shape index (κ3) is 1.59. The highest BCUT2D eigenvalue weighted by atomic mass is 16.3. The van der Waals surface area contributed by atoms with E-state index < -0.39 is 6.10 Å². The van der Waals surface area contributed by atoms with E-state index in [0.29, 0.717) is 6.42 Å². The standard InChI is InChI=1S/C10H15NO2/c1-6(12)9(13)8-7(4-5-11)10(8,2)3/h7-9,13H,4H2,1-3H3/t7-,8+,9+/m1/s1. The normalized spacial score (nSPS) is 31.9. The Bertz CT molecular complexity index is 265. The van der Waals surface area contributed by atoms with Crippen molar-refractivity contribution >= 4 is 5.78 Å². The van der Waals surface area contributed by atoms with Gasteiger partial charge in [0, 0.05) is 12.3 Å². The van der Waals surface area contributed by atoms with Crippen molar-refractivity contribution in [3.63, 3.8) is 0 Å². The smallest absolute Gasteiger partial charge is 0.158 e. The second-order valence-electron chi connectivity index (χ2n) is 4.37. The van der Waals surface area contributed by atoms with Crippen molar-refractivity contribution in [1.29, 1.82) is 5.26 Å². The molecule has 0 aromatic rings. The molecule has 1 fully saturated rings. The van der Waals surface area contributed by atoms with Gasteiger partial charge < -0.3 is 5.11 Å². The van der Waals surface area contributed by atoms with Crippen LogP contribution in [0.2, 0.25) is 0 Å². The molecule has 1 N–H and O–H groups in total. The van der Waals surface area contributed by atoms with E-state index in [1.54, 1.807) is 0 Å². The Morgan fingerprint density at radius 3 is 2.62 bits per heavy atom. The zero-order chi connectivity index (χ0) is 10.2. The molecule has 1 aliphatic carbocycles. The van der Waals surface area contributed by atoms with Gasteiger partial charge in [0.2, 0.25) is 0 Å². The van der Waals surface area contributed by atoms with E-state index in [9.17, 15) is 9.90 Å². The average molecular weight is 181 g/mol. The van der Waals surface area contributed by atoms with Crippen molar-refractivity contribution in [1.82, 2.24) is 0 Å². The number of rotatable bonds is 3. The van der Waals surface area contributed by atoms with E-state index in [4.69, 9.17) is 5.26 Å². The number of nitrogens with zero attached hydrogens (tertiary/aromatic N) is 1. The van der Waals surface area contributed by atoms with E-state index in [0.717, 1.165) is 0 Å². The molecule has 1 saturated carbocycles. The first kappa shape index (κ1) is 10.2. The lowest BCUT2D eigenvalue weighted by Gasteiger charge is -2.07. The molecule has 3 heteroatoms. The molecule has 0 spiro atoms. The largest absolute Gasteiger partial charge is 0.385 e. The third-order valence-electron chi connectivity index (χ3n) is 3.21. The Hall–Kier alpha value is -0.880. The molecule has 0 aromatic heterocycles. The molecule has 1 rings (SSSR count). The summed E-state index contributed by atoms with van der Waals surface area (Å²) in [5, 5.41) is 18.1. The zero-order valence-corrected chi connectivity index (χ0v) is 8.24. The third-order valence-corrected chi connectivity index (χ3v) is 3.21. The fourth-order valence-corrected chi connectivity index (χ4v) is 2.15. The van der Waals surface area contributed by atoms with Crippen molar-refractivity contribution in [2.24, 2.45) is 17.3 Å². The highest BCUT2D eigenvalue weighted by Gasteiger charge is 2.61. The number of ketones is 1. The number of nitriles is 1. The van der Waals surface area contributed by atoms with Crippen LogP contribution in [0.15, 0.2) is 0 Å². The van der Waals surface area contributed by atoms with Crippen molar-refractivity contribution in [2.75, 3.05) is 0 Å². The fourth-order valence-electron chi connectivity index (χ4n) is 2.15. The lowest BCUT2D eigenvalue weighted by molar-refractivity contribution is -0.126. The van der Waals surface area contributed by atoms with Crippen LogP contribution in [0.5, 0.6) is 0 Å². The Morgan fingerprint density at radius 1 is 1.69 bits per heavy atom. The van der Waals surface area contributed by atoms with Crippen molar-refractivity contribution in [2.45, 2.75) is 33.3 Å². The number of Topliss-reactive ketones (excluding diaryl/α,β-unsaturated/α-hetero) is 1. The molecule has 0 saturated heterocycles. The van der Waals surface area contributed by atoms with Crippen molar-refractivity contribution < 1.29 is 9.90 Å². The number of hydrogen-bond donors (Lipinski definition) is 1. The molecular formula is C10H15NO2. The fraction of sp³-hybridized carbons (Fsp3) is 0.800. The molecule has 1 aliphatic rings. The minimum absolute atomic E-state index is 0.0235. The SMILES string of the molecule is CC(=O)[C@H](O)[C@@H]1[C@@H](CC#N)C1(C)C. The van der Waals surface area contributed by atoms with E-state index in [-0.39, 0.29) is 23.0 Å². The molecule has 0 amide bonds. The van der Waals surface area contributed by atoms with Gasteiger partial charge in [0.05, 0.1) is 6.07 Å². The molecule has 0 heterocycles. The lowest BCUT2D eigenvalue weighted by atomic mass is 10.0. The van der Waals surface area contributed by atoms with Gasteiger partial charge in [0.1, 0.15) is 6.10 Å². The number of aliphatic hydroxyl groups excluding tert-OH is 1. The van der Waals surface area contributed by atoms with Gasteiger partial charge in [0.25, 0.3) is 0 Å². The molecule has 0 radical (unpaired) electrons. The second-order valence-corrected chi connectivity index (χ2v) is 4.37. The predicted molar refractivity (Wildman–Crippen MR) is 47.7 cm³/mol. The minimum atomic E-state index is -0.881. The monoisotopic (exact) mass is 181 g/mol. The van der Waals surface area contributed by atoms with Gasteiger partial charge in [-0.3, -0.25) is 4.79 Å². The summed E-state index contributed by atoms with van der Waals surface area (Å²) in [7, 11) is 0. The number of hydrogen-bond acceptors (Lipinski definition) is 3. The van der Waals surface area contributed by atoms with Crippen LogP contribution in [0.3, 0.4) is 0 Å². The lowest BCUT2D eigenvalue weighted by Crippen LogP contribution is -2.22. The van der Waals surface area contributed by atoms with Crippen molar-refractivity contribution in [3.05, 3.63) is 0 Å². The summed E-state index contributed by atoms with van der Waals surface area (Å²) in [4.78, 5) is 10.9. The van der Waals surface area contributed by atoms with E-state index >= 15 is 0 Å². The summed E-state index contributed by atoms with van der Waals surface area (Å²) >= 11 is 0. The quantitative estimate of drug-likeness (QED) is 0.709. The van der Waals surface area contributed by atoms with E-state index in [1.807, 2.05) is 13.8 Å². The summed E-state index contributed by atoms with van der Waals surface area (Å²) in [6, 6.07) is 2.09. The Kier molecular flexibility index (Phi) is 2.44. The Labute approximate surface area is 78.4 Å². The maximum Gasteiger partial charge on any atom is 0.158 e. The maximum absolute atomic E-state index is 10.9. The topological polar surface area (TPSA) is 61.1 Å². The molecular weight excluding hydrogens is 166 g/mol. The van der Waals surface area contributed by atoms with Crippen LogP contribution < -0.4 is 0 Å². The van der Waals surface area contributed by atoms with Gasteiger partial charge in [-0.05, 0) is 18.3 Å². The van der Waals surface area contributed by atoms with Gasteiger partial charge >= 0.3 is 0 Å². The summed E-state index contributed by atoms with van der Waals surface area (Å²) < 4.78 is 0. The molecule has 3 nitrogen and oxygen atoms in total. The van der Waals surface area contributed by atoms with Gasteiger partial charge in [-0.25, -0.2) is 0 Å². The summed E-state index contributed by atoms with van der Waals surface area (Å²) in [5.41, 5.74) is -0.0547. The van der Waals surface area contributed by atoms with E-state index in [1.165, 1.54) is 6.92 Å². The van der Waals surface area contributed by atoms with Crippen LogP contribution in [0.25, 0.3) is 0 Å². The summed E-state index contributed by atoms with van der Waals surface area (Å²) in [6.07, 6.45) is -0.449. The zero-order valence-electron chi connectivity index (χ0n) is 8.24. The van der Waals surface area contributed by atoms with Gasteiger partial charge in [0.15, 0.2) is 5.78 Å². The van der Waals surface area contributed by atoms with Crippen LogP contribution in [-0.4, -0.2) is 17.0 Å². The van der Waals surface area contributed by atoms with Crippen LogP contribution in [0.1, 0.15) is 27.2 Å². The first-order chi connectivity index (χ1) is 5.92. The Morgan fingerprint density at radius 2 is 2.23 bits per heavy atom. The molecule has 72 valence electrons. The minimum Gasteiger partial charge on any atom is -0.385 e.